The Kier molecular flexibility index (Phi) is 6.01. The lowest BCUT2D eigenvalue weighted by atomic mass is 9.91. The fraction of sp³-hybridized carbons (Fsp3) is 0.333. The van der Waals surface area contributed by atoms with Gasteiger partial charge in [0.2, 0.25) is 0 Å². The molecule has 142 valence electrons. The van der Waals surface area contributed by atoms with Crippen molar-refractivity contribution >= 4 is 29.2 Å². The van der Waals surface area contributed by atoms with Crippen LogP contribution in [0.4, 0.5) is 5.69 Å². The second-order valence-corrected chi connectivity index (χ2v) is 6.94. The summed E-state index contributed by atoms with van der Waals surface area (Å²) in [4.78, 5) is 24.3. The third-order valence-corrected chi connectivity index (χ3v) is 4.99. The van der Waals surface area contributed by atoms with Crippen molar-refractivity contribution in [2.75, 3.05) is 12.4 Å². The van der Waals surface area contributed by atoms with E-state index < -0.39 is 12.1 Å². The molecule has 0 saturated carbocycles. The molecule has 1 amide bonds. The van der Waals surface area contributed by atoms with Crippen molar-refractivity contribution < 1.29 is 19.1 Å². The van der Waals surface area contributed by atoms with Gasteiger partial charge < -0.3 is 14.8 Å². The van der Waals surface area contributed by atoms with Gasteiger partial charge in [-0.2, -0.15) is 0 Å². The maximum atomic E-state index is 12.5. The summed E-state index contributed by atoms with van der Waals surface area (Å²) in [6, 6.07) is 10.7. The van der Waals surface area contributed by atoms with E-state index in [9.17, 15) is 9.59 Å². The molecule has 0 aromatic heterocycles. The summed E-state index contributed by atoms with van der Waals surface area (Å²) < 4.78 is 10.6. The van der Waals surface area contributed by atoms with Crippen LogP contribution in [0, 0.1) is 0 Å². The Morgan fingerprint density at radius 1 is 1.15 bits per heavy atom. The zero-order valence-corrected chi connectivity index (χ0v) is 16.1. The summed E-state index contributed by atoms with van der Waals surface area (Å²) in [5, 5.41) is 3.02. The monoisotopic (exact) mass is 387 g/mol. The molecule has 0 saturated heterocycles. The minimum atomic E-state index is -0.685. The number of halogens is 1. The van der Waals surface area contributed by atoms with Crippen molar-refractivity contribution in [1.82, 2.24) is 0 Å². The van der Waals surface area contributed by atoms with Crippen molar-refractivity contribution in [2.24, 2.45) is 0 Å². The van der Waals surface area contributed by atoms with E-state index >= 15 is 0 Å². The number of fused-ring (bicyclic) bond motifs is 1. The molecule has 1 aliphatic rings. The Morgan fingerprint density at radius 3 is 2.70 bits per heavy atom. The van der Waals surface area contributed by atoms with Gasteiger partial charge in [0.25, 0.3) is 5.91 Å². The van der Waals surface area contributed by atoms with Crippen molar-refractivity contribution in [3.05, 3.63) is 58.1 Å². The van der Waals surface area contributed by atoms with Gasteiger partial charge in [0.15, 0.2) is 6.10 Å². The maximum absolute atomic E-state index is 12.5. The van der Waals surface area contributed by atoms with Gasteiger partial charge in [-0.15, -0.1) is 0 Å². The molecule has 2 aromatic carbocycles. The summed E-state index contributed by atoms with van der Waals surface area (Å²) in [5.74, 6) is -0.0981. The number of ether oxygens (including phenoxy) is 2. The number of hydrogen-bond acceptors (Lipinski definition) is 4. The highest BCUT2D eigenvalue weighted by Gasteiger charge is 2.20. The number of nitrogens with one attached hydrogen (secondary N) is 1. The molecular weight excluding hydrogens is 366 g/mol. The standard InChI is InChI=1S/C21H22ClNO4/c1-13(27-19-9-5-7-14-6-3-4-8-16(14)19)20(24)23-15-10-11-18(22)17(12-15)21(25)26-2/h5,7,9-13H,3-4,6,8H2,1-2H3,(H,23,24)/t13-/m0/s1. The second kappa shape index (κ2) is 8.44. The lowest BCUT2D eigenvalue weighted by molar-refractivity contribution is -0.122. The number of esters is 1. The Bertz CT molecular complexity index is 865. The fourth-order valence-electron chi connectivity index (χ4n) is 3.21. The Hall–Kier alpha value is -2.53. The molecule has 0 aliphatic heterocycles. The Morgan fingerprint density at radius 2 is 1.93 bits per heavy atom. The smallest absolute Gasteiger partial charge is 0.339 e. The normalized spacial score (nSPS) is 14.0. The maximum Gasteiger partial charge on any atom is 0.339 e. The predicted octanol–water partition coefficient (Wildman–Crippen LogP) is 4.41. The van der Waals surface area contributed by atoms with Gasteiger partial charge in [0.1, 0.15) is 5.75 Å². The summed E-state index contributed by atoms with van der Waals surface area (Å²) in [5.41, 5.74) is 3.15. The largest absolute Gasteiger partial charge is 0.481 e. The second-order valence-electron chi connectivity index (χ2n) is 6.54. The lowest BCUT2D eigenvalue weighted by Crippen LogP contribution is -2.30. The van der Waals surface area contributed by atoms with Crippen LogP contribution in [0.2, 0.25) is 5.02 Å². The van der Waals surface area contributed by atoms with Crippen LogP contribution < -0.4 is 10.1 Å². The summed E-state index contributed by atoms with van der Waals surface area (Å²) >= 11 is 6.01. The number of rotatable bonds is 5. The summed E-state index contributed by atoms with van der Waals surface area (Å²) in [6.45, 7) is 1.70. The third kappa shape index (κ3) is 4.42. The van der Waals surface area contributed by atoms with Crippen LogP contribution in [-0.4, -0.2) is 25.1 Å². The van der Waals surface area contributed by atoms with Crippen LogP contribution in [0.5, 0.6) is 5.75 Å². The van der Waals surface area contributed by atoms with E-state index in [1.807, 2.05) is 12.1 Å². The Balaban J connectivity index is 1.71. The molecule has 2 aromatic rings. The molecule has 27 heavy (non-hydrogen) atoms. The first-order valence-electron chi connectivity index (χ1n) is 8.95. The first kappa shape index (κ1) is 19.2. The van der Waals surface area contributed by atoms with Gasteiger partial charge in [-0.05, 0) is 68.0 Å². The van der Waals surface area contributed by atoms with Crippen molar-refractivity contribution in [2.45, 2.75) is 38.7 Å². The zero-order valence-electron chi connectivity index (χ0n) is 15.4. The molecule has 0 radical (unpaired) electrons. The molecule has 0 unspecified atom stereocenters. The Labute approximate surface area is 163 Å². The van der Waals surface area contributed by atoms with Crippen LogP contribution in [0.25, 0.3) is 0 Å². The van der Waals surface area contributed by atoms with Crippen LogP contribution >= 0.6 is 11.6 Å². The molecule has 0 fully saturated rings. The van der Waals surface area contributed by atoms with Crippen LogP contribution in [-0.2, 0) is 22.4 Å². The first-order valence-corrected chi connectivity index (χ1v) is 9.33. The molecule has 6 heteroatoms. The van der Waals surface area contributed by atoms with Gasteiger partial charge in [0, 0.05) is 5.69 Å². The number of carbonyl (C=O) groups is 2. The fourth-order valence-corrected chi connectivity index (χ4v) is 3.41. The number of methoxy groups -OCH3 is 1. The topological polar surface area (TPSA) is 64.6 Å². The molecule has 0 bridgehead atoms. The minimum absolute atomic E-state index is 0.197. The molecule has 1 N–H and O–H groups in total. The van der Waals surface area contributed by atoms with Crippen LogP contribution in [0.3, 0.4) is 0 Å². The number of benzene rings is 2. The molecule has 5 nitrogen and oxygen atoms in total. The lowest BCUT2D eigenvalue weighted by Gasteiger charge is -2.22. The van der Waals surface area contributed by atoms with Crippen molar-refractivity contribution in [3.8, 4) is 5.75 Å². The molecule has 1 aliphatic carbocycles. The van der Waals surface area contributed by atoms with E-state index in [-0.39, 0.29) is 16.5 Å². The van der Waals surface area contributed by atoms with E-state index in [2.05, 4.69) is 11.4 Å². The van der Waals surface area contributed by atoms with Gasteiger partial charge >= 0.3 is 5.97 Å². The number of carbonyl (C=O) groups excluding carboxylic acids is 2. The average molecular weight is 388 g/mol. The van der Waals surface area contributed by atoms with Gasteiger partial charge in [0.05, 0.1) is 17.7 Å². The predicted molar refractivity (Wildman–Crippen MR) is 105 cm³/mol. The highest BCUT2D eigenvalue weighted by Crippen LogP contribution is 2.30. The van der Waals surface area contributed by atoms with Crippen molar-refractivity contribution in [1.29, 1.82) is 0 Å². The quantitative estimate of drug-likeness (QED) is 0.772. The van der Waals surface area contributed by atoms with Gasteiger partial charge in [-0.1, -0.05) is 23.7 Å². The molecular formula is C21H22ClNO4. The molecule has 0 heterocycles. The number of hydrogen-bond donors (Lipinski definition) is 1. The zero-order chi connectivity index (χ0) is 19.4. The number of amides is 1. The van der Waals surface area contributed by atoms with Crippen LogP contribution in [0.1, 0.15) is 41.3 Å². The highest BCUT2D eigenvalue weighted by atomic mass is 35.5. The number of anilines is 1. The number of aryl methyl sites for hydroxylation is 1. The van der Waals surface area contributed by atoms with Crippen LogP contribution in [0.15, 0.2) is 36.4 Å². The summed E-state index contributed by atoms with van der Waals surface area (Å²) in [6.07, 6.45) is 3.66. The van der Waals surface area contributed by atoms with Gasteiger partial charge in [-0.25, -0.2) is 4.79 Å². The van der Waals surface area contributed by atoms with E-state index in [0.29, 0.717) is 5.69 Å². The van der Waals surface area contributed by atoms with E-state index in [1.54, 1.807) is 19.1 Å². The van der Waals surface area contributed by atoms with Gasteiger partial charge in [-0.3, -0.25) is 4.79 Å². The SMILES string of the molecule is COC(=O)c1cc(NC(=O)[C@H](C)Oc2cccc3c2CCCC3)ccc1Cl. The third-order valence-electron chi connectivity index (χ3n) is 4.67. The molecule has 0 spiro atoms. The van der Waals surface area contributed by atoms with Crippen molar-refractivity contribution in [3.63, 3.8) is 0 Å². The highest BCUT2D eigenvalue weighted by molar-refractivity contribution is 6.33. The summed E-state index contributed by atoms with van der Waals surface area (Å²) in [7, 11) is 1.28. The van der Waals surface area contributed by atoms with E-state index in [4.69, 9.17) is 21.1 Å². The molecule has 1 atom stereocenters. The first-order chi connectivity index (χ1) is 13.0. The minimum Gasteiger partial charge on any atom is -0.481 e. The molecule has 3 rings (SSSR count). The average Bonchev–Trinajstić information content (AvgIpc) is 2.69. The van der Waals surface area contributed by atoms with E-state index in [0.717, 1.165) is 25.0 Å². The van der Waals surface area contributed by atoms with E-state index in [1.165, 1.54) is 30.7 Å².